The molecule has 2 aromatic heterocycles. The molecule has 1 atom stereocenters. The summed E-state index contributed by atoms with van der Waals surface area (Å²) in [4.78, 5) is 31.4. The van der Waals surface area contributed by atoms with Gasteiger partial charge in [-0.25, -0.2) is 5.43 Å². The Morgan fingerprint density at radius 1 is 1.35 bits per heavy atom. The summed E-state index contributed by atoms with van der Waals surface area (Å²) in [5.74, 6) is 0.527. The number of hydrogen-bond donors (Lipinski definition) is 2. The second kappa shape index (κ2) is 8.13. The Morgan fingerprint density at radius 3 is 2.90 bits per heavy atom. The molecule has 2 aromatic rings. The Labute approximate surface area is 182 Å². The number of aromatic nitrogens is 3. The van der Waals surface area contributed by atoms with Crippen molar-refractivity contribution in [3.8, 4) is 0 Å². The largest absolute Gasteiger partial charge is 0.342 e. The third-order valence-corrected chi connectivity index (χ3v) is 5.71. The summed E-state index contributed by atoms with van der Waals surface area (Å²) in [6.07, 6.45) is 8.16. The lowest BCUT2D eigenvalue weighted by Gasteiger charge is -2.37. The van der Waals surface area contributed by atoms with E-state index in [2.05, 4.69) is 34.7 Å². The van der Waals surface area contributed by atoms with Gasteiger partial charge < -0.3 is 5.32 Å². The molecule has 3 heterocycles. The van der Waals surface area contributed by atoms with Gasteiger partial charge in [-0.2, -0.15) is 9.89 Å². The van der Waals surface area contributed by atoms with E-state index in [1.807, 2.05) is 44.2 Å². The number of nitrogens with zero attached hydrogens (tertiary/aromatic N) is 3. The molecule has 0 saturated carbocycles. The average molecular weight is 420 g/mol. The number of hydrogen-bond acceptors (Lipinski definition) is 5. The third kappa shape index (κ3) is 4.31. The van der Waals surface area contributed by atoms with E-state index in [1.165, 1.54) is 4.79 Å². The maximum absolute atomic E-state index is 13.2. The van der Waals surface area contributed by atoms with Crippen molar-refractivity contribution < 1.29 is 9.59 Å². The van der Waals surface area contributed by atoms with E-state index in [4.69, 9.17) is 0 Å². The summed E-state index contributed by atoms with van der Waals surface area (Å²) in [6, 6.07) is 5.87. The van der Waals surface area contributed by atoms with Crippen molar-refractivity contribution in [2.45, 2.75) is 59.3 Å². The van der Waals surface area contributed by atoms with Crippen molar-refractivity contribution >= 4 is 23.6 Å². The quantitative estimate of drug-likeness (QED) is 0.753. The Morgan fingerprint density at radius 2 is 2.16 bits per heavy atom. The fourth-order valence-corrected chi connectivity index (χ4v) is 4.36. The number of allylic oxidation sites excluding steroid dienone is 3. The Hall–Kier alpha value is -3.22. The van der Waals surface area contributed by atoms with Crippen LogP contribution in [0.2, 0.25) is 0 Å². The monoisotopic (exact) mass is 419 g/mol. The zero-order valence-electron chi connectivity index (χ0n) is 18.5. The van der Waals surface area contributed by atoms with Crippen LogP contribution in [-0.4, -0.2) is 26.6 Å². The van der Waals surface area contributed by atoms with E-state index in [-0.39, 0.29) is 23.0 Å². The highest BCUT2D eigenvalue weighted by molar-refractivity contribution is 6.01. The smallest absolute Gasteiger partial charge is 0.240 e. The number of amides is 1. The summed E-state index contributed by atoms with van der Waals surface area (Å²) in [5, 5.41) is 7.81. The van der Waals surface area contributed by atoms with Gasteiger partial charge in [0.2, 0.25) is 5.91 Å². The molecule has 1 aliphatic carbocycles. The van der Waals surface area contributed by atoms with Gasteiger partial charge in [-0.15, -0.1) is 0 Å². The lowest BCUT2D eigenvalue weighted by atomic mass is 9.71. The minimum Gasteiger partial charge on any atom is -0.342 e. The molecule has 1 amide bonds. The molecule has 4 rings (SSSR count). The highest BCUT2D eigenvalue weighted by Crippen LogP contribution is 2.47. The molecular weight excluding hydrogens is 390 g/mol. The standard InChI is InChI=1S/C24H29N5O2/c1-5-7-21(31)28-29-23-18(14-25-29)17(11-10-16-9-6-8-15(2)26-16)22-19(27-23)12-24(3,4)13-20(22)30/h6,8-11,14,17,27H,5,7,12-13H2,1-4H3,(H,28,31)/b11-10+. The predicted octanol–water partition coefficient (Wildman–Crippen LogP) is 4.32. The van der Waals surface area contributed by atoms with Crippen molar-refractivity contribution in [3.05, 3.63) is 58.7 Å². The molecule has 0 saturated heterocycles. The number of nitrogens with one attached hydrogen (secondary N) is 2. The van der Waals surface area contributed by atoms with Crippen LogP contribution in [0.15, 0.2) is 41.7 Å². The van der Waals surface area contributed by atoms with Crippen LogP contribution in [0.1, 0.15) is 69.3 Å². The first kappa shape index (κ1) is 21.0. The fourth-order valence-electron chi connectivity index (χ4n) is 4.36. The molecule has 2 aliphatic rings. The van der Waals surface area contributed by atoms with Gasteiger partial charge in [0.1, 0.15) is 0 Å². The number of fused-ring (bicyclic) bond motifs is 1. The first-order valence-corrected chi connectivity index (χ1v) is 10.8. The van der Waals surface area contributed by atoms with Gasteiger partial charge in [0.15, 0.2) is 11.6 Å². The summed E-state index contributed by atoms with van der Waals surface area (Å²) in [7, 11) is 0. The summed E-state index contributed by atoms with van der Waals surface area (Å²) < 4.78 is 0. The van der Waals surface area contributed by atoms with Gasteiger partial charge in [0.05, 0.1) is 11.9 Å². The summed E-state index contributed by atoms with van der Waals surface area (Å²) >= 11 is 0. The number of carbonyl (C=O) groups is 2. The number of aryl methyl sites for hydroxylation is 1. The lowest BCUT2D eigenvalue weighted by Crippen LogP contribution is -2.34. The van der Waals surface area contributed by atoms with Crippen LogP contribution < -0.4 is 10.7 Å². The second-order valence-electron chi connectivity index (χ2n) is 9.14. The topological polar surface area (TPSA) is 88.9 Å². The number of ketones is 1. The highest BCUT2D eigenvalue weighted by Gasteiger charge is 2.40. The first-order chi connectivity index (χ1) is 14.8. The molecule has 0 aromatic carbocycles. The number of Topliss-reactive ketones (excluding diaryl/α,β-unsaturated/α-hetero) is 1. The zero-order chi connectivity index (χ0) is 22.2. The molecule has 0 radical (unpaired) electrons. The van der Waals surface area contributed by atoms with E-state index >= 15 is 0 Å². The summed E-state index contributed by atoms with van der Waals surface area (Å²) in [5.41, 5.74) is 7.06. The van der Waals surface area contributed by atoms with Crippen LogP contribution in [0.5, 0.6) is 0 Å². The van der Waals surface area contributed by atoms with Crippen LogP contribution in [-0.2, 0) is 9.59 Å². The Bertz CT molecular complexity index is 1090. The van der Waals surface area contributed by atoms with Crippen LogP contribution >= 0.6 is 0 Å². The minimum atomic E-state index is -0.242. The lowest BCUT2D eigenvalue weighted by molar-refractivity contribution is -0.118. The number of carbonyl (C=O) groups excluding carboxylic acids is 2. The van der Waals surface area contributed by atoms with Gasteiger partial charge in [0.25, 0.3) is 0 Å². The molecule has 0 spiro atoms. The van der Waals surface area contributed by atoms with Crippen molar-refractivity contribution in [2.75, 3.05) is 10.7 Å². The van der Waals surface area contributed by atoms with E-state index in [0.29, 0.717) is 18.7 Å². The maximum Gasteiger partial charge on any atom is 0.240 e. The van der Waals surface area contributed by atoms with E-state index in [0.717, 1.165) is 41.1 Å². The molecule has 162 valence electrons. The molecule has 1 unspecified atom stereocenters. The van der Waals surface area contributed by atoms with Gasteiger partial charge in [-0.1, -0.05) is 32.9 Å². The van der Waals surface area contributed by atoms with Gasteiger partial charge >= 0.3 is 0 Å². The normalized spacial score (nSPS) is 19.7. The number of rotatable bonds is 5. The average Bonchev–Trinajstić information content (AvgIpc) is 3.07. The molecule has 0 fully saturated rings. The molecule has 0 bridgehead atoms. The maximum atomic E-state index is 13.2. The molecule has 2 N–H and O–H groups in total. The molecular formula is C24H29N5O2. The van der Waals surface area contributed by atoms with E-state index < -0.39 is 0 Å². The van der Waals surface area contributed by atoms with Crippen LogP contribution in [0.4, 0.5) is 5.82 Å². The minimum absolute atomic E-state index is 0.0916. The van der Waals surface area contributed by atoms with Gasteiger partial charge in [-0.3, -0.25) is 14.6 Å². The van der Waals surface area contributed by atoms with Crippen molar-refractivity contribution in [3.63, 3.8) is 0 Å². The SMILES string of the molecule is CCCC(=O)Nn1ncc2c1NC1=C(C(=O)CC(C)(C)C1)C2/C=C/c1cccc(C)n1. The predicted molar refractivity (Wildman–Crippen MR) is 121 cm³/mol. The van der Waals surface area contributed by atoms with Crippen molar-refractivity contribution in [1.82, 2.24) is 14.9 Å². The highest BCUT2D eigenvalue weighted by atomic mass is 16.2. The Kier molecular flexibility index (Phi) is 5.52. The van der Waals surface area contributed by atoms with E-state index in [9.17, 15) is 9.59 Å². The molecule has 7 nitrogen and oxygen atoms in total. The van der Waals surface area contributed by atoms with E-state index in [1.54, 1.807) is 6.20 Å². The molecule has 1 aliphatic heterocycles. The zero-order valence-corrected chi connectivity index (χ0v) is 18.5. The van der Waals surface area contributed by atoms with Crippen LogP contribution in [0.25, 0.3) is 6.08 Å². The van der Waals surface area contributed by atoms with Crippen molar-refractivity contribution in [1.29, 1.82) is 0 Å². The Balaban J connectivity index is 1.75. The van der Waals surface area contributed by atoms with Crippen molar-refractivity contribution in [2.24, 2.45) is 5.41 Å². The third-order valence-electron chi connectivity index (χ3n) is 5.71. The first-order valence-electron chi connectivity index (χ1n) is 10.8. The number of pyridine rings is 1. The molecule has 31 heavy (non-hydrogen) atoms. The summed E-state index contributed by atoms with van der Waals surface area (Å²) in [6.45, 7) is 8.13. The van der Waals surface area contributed by atoms with Crippen LogP contribution in [0.3, 0.4) is 0 Å². The van der Waals surface area contributed by atoms with Gasteiger partial charge in [0, 0.05) is 41.3 Å². The van der Waals surface area contributed by atoms with Gasteiger partial charge in [-0.05, 0) is 43.4 Å². The molecule has 7 heteroatoms. The second-order valence-corrected chi connectivity index (χ2v) is 9.14. The number of anilines is 1. The van der Waals surface area contributed by atoms with Crippen LogP contribution in [0, 0.1) is 12.3 Å². The fraction of sp³-hybridized carbons (Fsp3) is 0.417.